The average Bonchev–Trinajstić information content (AvgIpc) is 3.54. The van der Waals surface area contributed by atoms with Gasteiger partial charge in [-0.1, -0.05) is 43.2 Å². The van der Waals surface area contributed by atoms with Crippen molar-refractivity contribution in [3.8, 4) is 0 Å². The maximum atomic E-state index is 13.3. The average molecular weight is 490 g/mol. The summed E-state index contributed by atoms with van der Waals surface area (Å²) in [6.07, 6.45) is 4.07. The molecule has 10 nitrogen and oxygen atoms in total. The van der Waals surface area contributed by atoms with Crippen LogP contribution in [0.1, 0.15) is 50.5 Å². The van der Waals surface area contributed by atoms with Gasteiger partial charge < -0.3 is 30.9 Å². The summed E-state index contributed by atoms with van der Waals surface area (Å²) < 4.78 is 5.53. The predicted octanol–water partition coefficient (Wildman–Crippen LogP) is 1.29. The van der Waals surface area contributed by atoms with Crippen LogP contribution >= 0.6 is 0 Å². The number of ether oxygens (including phenoxy) is 1. The predicted molar refractivity (Wildman–Crippen MR) is 126 cm³/mol. The van der Waals surface area contributed by atoms with E-state index < -0.39 is 35.2 Å². The topological polar surface area (TPSA) is 154 Å². The summed E-state index contributed by atoms with van der Waals surface area (Å²) in [5, 5.41) is 27.8. The Morgan fingerprint density at radius 2 is 1.77 bits per heavy atom. The minimum atomic E-state index is -1.25. The molecule has 1 heterocycles. The van der Waals surface area contributed by atoms with Crippen molar-refractivity contribution in [1.82, 2.24) is 16.0 Å². The van der Waals surface area contributed by atoms with Crippen molar-refractivity contribution in [3.05, 3.63) is 35.9 Å². The molecule has 1 unspecified atom stereocenters. The van der Waals surface area contributed by atoms with Gasteiger partial charge in [0.1, 0.15) is 0 Å². The Kier molecular flexibility index (Phi) is 9.62. The number of carbonyl (C=O) groups excluding carboxylic acids is 2. The normalized spacial score (nSPS) is 20.6. The maximum absolute atomic E-state index is 13.3. The Balaban J connectivity index is 1.60. The van der Waals surface area contributed by atoms with Crippen LogP contribution in [0.15, 0.2) is 30.3 Å². The standard InChI is InChI=1S/C25H35N3O7/c29-21(19-9-6-12-26-19)27-14-18(22(30)31)13-25(10-4-5-11-25)24(34)28-20(23(32)33)16-35-15-17-7-2-1-3-8-17/h1-3,7-8,18-20,26H,4-6,9-16H2,(H,27,29)(H,28,34)(H,30,31)(H,32,33)/t18-,19?,20-/m0/s1. The SMILES string of the molecule is O=C(NC[C@H](CC1(C(=O)N[C@@H](COCc2ccccc2)C(=O)O)CCCC1)C(=O)O)C1CCCN1. The molecule has 3 rings (SSSR count). The van der Waals surface area contributed by atoms with Crippen molar-refractivity contribution in [2.24, 2.45) is 11.3 Å². The largest absolute Gasteiger partial charge is 0.481 e. The first-order valence-corrected chi connectivity index (χ1v) is 12.2. The highest BCUT2D eigenvalue weighted by Crippen LogP contribution is 2.43. The number of aliphatic carboxylic acids is 2. The fourth-order valence-electron chi connectivity index (χ4n) is 4.90. The molecule has 1 aromatic rings. The quantitative estimate of drug-likeness (QED) is 0.278. The van der Waals surface area contributed by atoms with E-state index in [0.717, 1.165) is 31.4 Å². The monoisotopic (exact) mass is 489 g/mol. The molecule has 2 fully saturated rings. The maximum Gasteiger partial charge on any atom is 0.328 e. The van der Waals surface area contributed by atoms with Gasteiger partial charge in [-0.25, -0.2) is 4.79 Å². The van der Waals surface area contributed by atoms with Crippen LogP contribution in [-0.4, -0.2) is 65.7 Å². The van der Waals surface area contributed by atoms with Crippen LogP contribution in [0.4, 0.5) is 0 Å². The molecule has 5 N–H and O–H groups in total. The van der Waals surface area contributed by atoms with Crippen LogP contribution in [0, 0.1) is 11.3 Å². The van der Waals surface area contributed by atoms with E-state index in [0.29, 0.717) is 19.3 Å². The fourth-order valence-corrected chi connectivity index (χ4v) is 4.90. The van der Waals surface area contributed by atoms with Gasteiger partial charge in [0.2, 0.25) is 11.8 Å². The van der Waals surface area contributed by atoms with Gasteiger partial charge in [-0.15, -0.1) is 0 Å². The number of amides is 2. The molecule has 10 heteroatoms. The summed E-state index contributed by atoms with van der Waals surface area (Å²) in [5.74, 6) is -3.97. The highest BCUT2D eigenvalue weighted by Gasteiger charge is 2.45. The summed E-state index contributed by atoms with van der Waals surface area (Å²) in [7, 11) is 0. The van der Waals surface area contributed by atoms with E-state index in [2.05, 4.69) is 16.0 Å². The van der Waals surface area contributed by atoms with E-state index in [1.165, 1.54) is 0 Å². The Hall–Kier alpha value is -2.98. The highest BCUT2D eigenvalue weighted by molar-refractivity contribution is 5.88. The number of carboxylic acid groups (broad SMARTS) is 2. The molecule has 2 aliphatic rings. The smallest absolute Gasteiger partial charge is 0.328 e. The molecule has 2 amide bonds. The summed E-state index contributed by atoms with van der Waals surface area (Å²) in [5.41, 5.74) is -0.110. The van der Waals surface area contributed by atoms with Gasteiger partial charge in [0.25, 0.3) is 0 Å². The Labute approximate surface area is 204 Å². The Morgan fingerprint density at radius 3 is 2.37 bits per heavy atom. The molecule has 0 bridgehead atoms. The van der Waals surface area contributed by atoms with E-state index in [1.807, 2.05) is 30.3 Å². The second kappa shape index (κ2) is 12.6. The summed E-state index contributed by atoms with van der Waals surface area (Å²) >= 11 is 0. The van der Waals surface area contributed by atoms with Gasteiger partial charge in [0.15, 0.2) is 6.04 Å². The van der Waals surface area contributed by atoms with Crippen molar-refractivity contribution in [2.45, 2.75) is 63.6 Å². The lowest BCUT2D eigenvalue weighted by molar-refractivity contribution is -0.148. The molecule has 35 heavy (non-hydrogen) atoms. The molecule has 1 aliphatic carbocycles. The zero-order chi connectivity index (χ0) is 25.3. The molecule has 0 spiro atoms. The van der Waals surface area contributed by atoms with Crippen LogP contribution in [0.25, 0.3) is 0 Å². The van der Waals surface area contributed by atoms with Crippen LogP contribution < -0.4 is 16.0 Å². The molecule has 3 atom stereocenters. The molecule has 1 saturated heterocycles. The second-order valence-corrected chi connectivity index (χ2v) is 9.49. The second-order valence-electron chi connectivity index (χ2n) is 9.49. The lowest BCUT2D eigenvalue weighted by atomic mass is 9.76. The van der Waals surface area contributed by atoms with Gasteiger partial charge in [-0.2, -0.15) is 0 Å². The molecule has 192 valence electrons. The molecule has 1 aliphatic heterocycles. The number of rotatable bonds is 13. The Bertz CT molecular complexity index is 880. The van der Waals surface area contributed by atoms with E-state index in [-0.39, 0.29) is 38.1 Å². The van der Waals surface area contributed by atoms with Crippen molar-refractivity contribution in [2.75, 3.05) is 19.7 Å². The molecule has 0 aromatic heterocycles. The lowest BCUT2D eigenvalue weighted by Gasteiger charge is -2.32. The first kappa shape index (κ1) is 26.6. The van der Waals surface area contributed by atoms with Crippen LogP contribution in [0.5, 0.6) is 0 Å². The van der Waals surface area contributed by atoms with E-state index in [1.54, 1.807) is 0 Å². The summed E-state index contributed by atoms with van der Waals surface area (Å²) in [4.78, 5) is 49.4. The molecular weight excluding hydrogens is 454 g/mol. The highest BCUT2D eigenvalue weighted by atomic mass is 16.5. The minimum Gasteiger partial charge on any atom is -0.481 e. The van der Waals surface area contributed by atoms with E-state index in [9.17, 15) is 29.4 Å². The van der Waals surface area contributed by atoms with Crippen molar-refractivity contribution >= 4 is 23.8 Å². The Morgan fingerprint density at radius 1 is 1.06 bits per heavy atom. The molecular formula is C25H35N3O7. The van der Waals surface area contributed by atoms with Crippen LogP contribution in [-0.2, 0) is 30.5 Å². The van der Waals surface area contributed by atoms with Crippen molar-refractivity contribution in [3.63, 3.8) is 0 Å². The first-order chi connectivity index (χ1) is 16.8. The van der Waals surface area contributed by atoms with Crippen molar-refractivity contribution in [1.29, 1.82) is 0 Å². The number of hydrogen-bond acceptors (Lipinski definition) is 6. The summed E-state index contributed by atoms with van der Waals surface area (Å²) in [6, 6.07) is 7.72. The van der Waals surface area contributed by atoms with Gasteiger partial charge in [-0.05, 0) is 44.2 Å². The van der Waals surface area contributed by atoms with E-state index in [4.69, 9.17) is 4.74 Å². The van der Waals surface area contributed by atoms with Gasteiger partial charge in [-0.3, -0.25) is 14.4 Å². The third kappa shape index (κ3) is 7.50. The van der Waals surface area contributed by atoms with E-state index >= 15 is 0 Å². The van der Waals surface area contributed by atoms with Gasteiger partial charge >= 0.3 is 11.9 Å². The lowest BCUT2D eigenvalue weighted by Crippen LogP contribution is -2.51. The van der Waals surface area contributed by atoms with Crippen molar-refractivity contribution < 1.29 is 34.1 Å². The zero-order valence-corrected chi connectivity index (χ0v) is 19.8. The number of benzene rings is 1. The third-order valence-electron chi connectivity index (χ3n) is 6.93. The molecule has 1 saturated carbocycles. The number of hydrogen-bond donors (Lipinski definition) is 5. The third-order valence-corrected chi connectivity index (χ3v) is 6.93. The molecule has 0 radical (unpaired) electrons. The fraction of sp³-hybridized carbons (Fsp3) is 0.600. The van der Waals surface area contributed by atoms with Crippen LogP contribution in [0.3, 0.4) is 0 Å². The zero-order valence-electron chi connectivity index (χ0n) is 19.8. The molecule has 1 aromatic carbocycles. The number of nitrogens with one attached hydrogen (secondary N) is 3. The van der Waals surface area contributed by atoms with Crippen LogP contribution in [0.2, 0.25) is 0 Å². The summed E-state index contributed by atoms with van der Waals surface area (Å²) in [6.45, 7) is 0.675. The van der Waals surface area contributed by atoms with Gasteiger partial charge in [0.05, 0.1) is 30.6 Å². The van der Waals surface area contributed by atoms with Gasteiger partial charge in [0, 0.05) is 6.54 Å². The first-order valence-electron chi connectivity index (χ1n) is 12.2. The number of carboxylic acids is 2. The minimum absolute atomic E-state index is 0.0315. The number of carbonyl (C=O) groups is 4.